The van der Waals surface area contributed by atoms with Crippen LogP contribution in [0.5, 0.6) is 0 Å². The fourth-order valence-corrected chi connectivity index (χ4v) is 2.65. The lowest BCUT2D eigenvalue weighted by Crippen LogP contribution is -2.60. The minimum atomic E-state index is 0.209. The summed E-state index contributed by atoms with van der Waals surface area (Å²) in [5.41, 5.74) is 6.36. The third-order valence-electron chi connectivity index (χ3n) is 2.72. The Morgan fingerprint density at radius 1 is 1.06 bits per heavy atom. The number of hydrogen-bond donors (Lipinski definition) is 3. The molecule has 0 unspecified atom stereocenters. The summed E-state index contributed by atoms with van der Waals surface area (Å²) in [7, 11) is 0. The SMILES string of the molecule is CC1(C)CC(N)CC(C)(C)N1.CCNCC. The molecule has 3 nitrogen and oxygen atoms in total. The molecule has 1 fully saturated rings. The highest BCUT2D eigenvalue weighted by atomic mass is 15.1. The van der Waals surface area contributed by atoms with Crippen molar-refractivity contribution in [1.29, 1.82) is 0 Å². The van der Waals surface area contributed by atoms with E-state index < -0.39 is 0 Å². The molecule has 3 heteroatoms. The monoisotopic (exact) mass is 229 g/mol. The minimum absolute atomic E-state index is 0.209. The van der Waals surface area contributed by atoms with E-state index in [1.54, 1.807) is 0 Å². The molecule has 0 atom stereocenters. The lowest BCUT2D eigenvalue weighted by molar-refractivity contribution is 0.163. The molecule has 0 aliphatic carbocycles. The lowest BCUT2D eigenvalue weighted by atomic mass is 9.80. The average Bonchev–Trinajstić information content (AvgIpc) is 1.98. The molecule has 0 bridgehead atoms. The molecule has 0 aromatic carbocycles. The van der Waals surface area contributed by atoms with Gasteiger partial charge in [0.2, 0.25) is 0 Å². The van der Waals surface area contributed by atoms with Crippen molar-refractivity contribution in [2.45, 2.75) is 71.5 Å². The maximum Gasteiger partial charge on any atom is 0.0144 e. The largest absolute Gasteiger partial charge is 0.328 e. The van der Waals surface area contributed by atoms with Crippen LogP contribution in [0.3, 0.4) is 0 Å². The first-order valence-corrected chi connectivity index (χ1v) is 6.48. The van der Waals surface area contributed by atoms with Gasteiger partial charge in [0.25, 0.3) is 0 Å². The first-order chi connectivity index (χ1) is 7.22. The molecule has 1 aliphatic heterocycles. The van der Waals surface area contributed by atoms with Gasteiger partial charge in [0.05, 0.1) is 0 Å². The molecular formula is C13H31N3. The molecule has 0 spiro atoms. The Hall–Kier alpha value is -0.120. The van der Waals surface area contributed by atoms with Crippen molar-refractivity contribution < 1.29 is 0 Å². The fraction of sp³-hybridized carbons (Fsp3) is 1.00. The predicted molar refractivity (Wildman–Crippen MR) is 72.7 cm³/mol. The van der Waals surface area contributed by atoms with Crippen LogP contribution in [0.4, 0.5) is 0 Å². The fourth-order valence-electron chi connectivity index (χ4n) is 2.65. The van der Waals surface area contributed by atoms with Gasteiger partial charge in [-0.15, -0.1) is 0 Å². The summed E-state index contributed by atoms with van der Waals surface area (Å²) in [6.07, 6.45) is 2.16. The number of piperidine rings is 1. The maximum absolute atomic E-state index is 5.95. The molecule has 4 N–H and O–H groups in total. The molecule has 0 aromatic heterocycles. The molecule has 0 amide bonds. The van der Waals surface area contributed by atoms with Crippen molar-refractivity contribution >= 4 is 0 Å². The van der Waals surface area contributed by atoms with Gasteiger partial charge in [0.1, 0.15) is 0 Å². The van der Waals surface area contributed by atoms with Crippen molar-refractivity contribution in [2.24, 2.45) is 5.73 Å². The molecule has 98 valence electrons. The Morgan fingerprint density at radius 2 is 1.44 bits per heavy atom. The van der Waals surface area contributed by atoms with Crippen LogP contribution in [0.1, 0.15) is 54.4 Å². The Balaban J connectivity index is 0.000000385. The number of rotatable bonds is 2. The van der Waals surface area contributed by atoms with Gasteiger partial charge in [0.15, 0.2) is 0 Å². The van der Waals surface area contributed by atoms with Crippen LogP contribution in [0.2, 0.25) is 0 Å². The number of nitrogens with one attached hydrogen (secondary N) is 2. The third kappa shape index (κ3) is 7.20. The Labute approximate surface area is 102 Å². The maximum atomic E-state index is 5.95. The summed E-state index contributed by atoms with van der Waals surface area (Å²) in [5.74, 6) is 0. The second kappa shape index (κ2) is 6.58. The zero-order valence-corrected chi connectivity index (χ0v) is 12.0. The molecule has 1 heterocycles. The van der Waals surface area contributed by atoms with E-state index in [1.807, 2.05) is 0 Å². The van der Waals surface area contributed by atoms with Crippen molar-refractivity contribution in [3.05, 3.63) is 0 Å². The van der Waals surface area contributed by atoms with Gasteiger partial charge >= 0.3 is 0 Å². The van der Waals surface area contributed by atoms with E-state index >= 15 is 0 Å². The zero-order valence-electron chi connectivity index (χ0n) is 12.0. The quantitative estimate of drug-likeness (QED) is 0.677. The van der Waals surface area contributed by atoms with E-state index in [4.69, 9.17) is 5.73 Å². The molecule has 0 aromatic rings. The van der Waals surface area contributed by atoms with Crippen LogP contribution in [-0.2, 0) is 0 Å². The van der Waals surface area contributed by atoms with Crippen LogP contribution in [0.15, 0.2) is 0 Å². The summed E-state index contributed by atoms with van der Waals surface area (Å²) in [4.78, 5) is 0. The van der Waals surface area contributed by atoms with Crippen LogP contribution < -0.4 is 16.4 Å². The summed E-state index contributed by atoms with van der Waals surface area (Å²) < 4.78 is 0. The second-order valence-electron chi connectivity index (χ2n) is 6.02. The van der Waals surface area contributed by atoms with E-state index in [1.165, 1.54) is 0 Å². The second-order valence-corrected chi connectivity index (χ2v) is 6.02. The number of hydrogen-bond acceptors (Lipinski definition) is 3. The van der Waals surface area contributed by atoms with Crippen LogP contribution >= 0.6 is 0 Å². The van der Waals surface area contributed by atoms with Gasteiger partial charge in [0, 0.05) is 17.1 Å². The van der Waals surface area contributed by atoms with Crippen LogP contribution in [0, 0.1) is 0 Å². The molecule has 0 radical (unpaired) electrons. The van der Waals surface area contributed by atoms with E-state index in [9.17, 15) is 0 Å². The molecule has 16 heavy (non-hydrogen) atoms. The molecule has 0 saturated carbocycles. The predicted octanol–water partition coefficient (Wildman–Crippen LogP) is 1.87. The Bertz CT molecular complexity index is 170. The van der Waals surface area contributed by atoms with Crippen molar-refractivity contribution in [2.75, 3.05) is 13.1 Å². The van der Waals surface area contributed by atoms with Gasteiger partial charge in [-0.05, 0) is 53.6 Å². The first-order valence-electron chi connectivity index (χ1n) is 6.48. The smallest absolute Gasteiger partial charge is 0.0144 e. The Kier molecular flexibility index (Phi) is 6.53. The van der Waals surface area contributed by atoms with E-state index in [-0.39, 0.29) is 11.1 Å². The van der Waals surface area contributed by atoms with Gasteiger partial charge in [-0.2, -0.15) is 0 Å². The van der Waals surface area contributed by atoms with Crippen LogP contribution in [-0.4, -0.2) is 30.2 Å². The topological polar surface area (TPSA) is 50.1 Å². The summed E-state index contributed by atoms with van der Waals surface area (Å²) in [6, 6.07) is 0.362. The van der Waals surface area contributed by atoms with E-state index in [2.05, 4.69) is 52.2 Å². The van der Waals surface area contributed by atoms with Gasteiger partial charge in [-0.3, -0.25) is 0 Å². The van der Waals surface area contributed by atoms with Crippen molar-refractivity contribution in [3.63, 3.8) is 0 Å². The first kappa shape index (κ1) is 15.9. The standard InChI is InChI=1S/C9H20N2.C4H11N/c1-8(2)5-7(10)6-9(3,4)11-8;1-3-5-4-2/h7,11H,5-6,10H2,1-4H3;5H,3-4H2,1-2H3. The normalized spacial score (nSPS) is 23.4. The van der Waals surface area contributed by atoms with Gasteiger partial charge in [-0.1, -0.05) is 13.8 Å². The van der Waals surface area contributed by atoms with Crippen molar-refractivity contribution in [3.8, 4) is 0 Å². The van der Waals surface area contributed by atoms with Crippen LogP contribution in [0.25, 0.3) is 0 Å². The zero-order chi connectivity index (χ0) is 12.8. The van der Waals surface area contributed by atoms with E-state index in [0.29, 0.717) is 6.04 Å². The summed E-state index contributed by atoms with van der Waals surface area (Å²) >= 11 is 0. The summed E-state index contributed by atoms with van der Waals surface area (Å²) in [5, 5.41) is 6.69. The lowest BCUT2D eigenvalue weighted by Gasteiger charge is -2.45. The highest BCUT2D eigenvalue weighted by molar-refractivity contribution is 4.98. The highest BCUT2D eigenvalue weighted by Gasteiger charge is 2.35. The Morgan fingerprint density at radius 3 is 1.62 bits per heavy atom. The number of nitrogens with two attached hydrogens (primary N) is 1. The molecular weight excluding hydrogens is 198 g/mol. The average molecular weight is 229 g/mol. The minimum Gasteiger partial charge on any atom is -0.328 e. The molecule has 1 rings (SSSR count). The van der Waals surface area contributed by atoms with Gasteiger partial charge < -0.3 is 16.4 Å². The third-order valence-corrected chi connectivity index (χ3v) is 2.72. The van der Waals surface area contributed by atoms with Crippen molar-refractivity contribution in [1.82, 2.24) is 10.6 Å². The molecule has 1 aliphatic rings. The highest BCUT2D eigenvalue weighted by Crippen LogP contribution is 2.26. The summed E-state index contributed by atoms with van der Waals surface area (Å²) in [6.45, 7) is 15.3. The molecule has 1 saturated heterocycles. The van der Waals surface area contributed by atoms with Gasteiger partial charge in [-0.25, -0.2) is 0 Å². The van der Waals surface area contributed by atoms with E-state index in [0.717, 1.165) is 25.9 Å².